The van der Waals surface area contributed by atoms with Crippen molar-refractivity contribution in [2.75, 3.05) is 13.7 Å². The van der Waals surface area contributed by atoms with Crippen LogP contribution >= 0.6 is 0 Å². The van der Waals surface area contributed by atoms with Gasteiger partial charge in [0.25, 0.3) is 0 Å². The minimum atomic E-state index is 0.0743. The van der Waals surface area contributed by atoms with Gasteiger partial charge in [0.1, 0.15) is 0 Å². The van der Waals surface area contributed by atoms with E-state index in [1.165, 1.54) is 0 Å². The third-order valence-corrected chi connectivity index (χ3v) is 3.16. The molecule has 0 saturated carbocycles. The van der Waals surface area contributed by atoms with Crippen molar-refractivity contribution in [3.05, 3.63) is 35.4 Å². The topological polar surface area (TPSA) is 29.5 Å². The van der Waals surface area contributed by atoms with E-state index in [2.05, 4.69) is 5.92 Å². The molecule has 1 saturated heterocycles. The Kier molecular flexibility index (Phi) is 4.01. The maximum atomic E-state index is 11.7. The van der Waals surface area contributed by atoms with Gasteiger partial charge in [0.2, 0.25) is 5.91 Å². The molecule has 0 aromatic heterocycles. The number of carbonyl (C=O) groups excluding carboxylic acids is 1. The Labute approximate surface area is 108 Å². The molecule has 1 aliphatic heterocycles. The van der Waals surface area contributed by atoms with E-state index in [4.69, 9.17) is 11.2 Å². The predicted octanol–water partition coefficient (Wildman–Crippen LogP) is 1.81. The Hall–Kier alpha value is -1.79. The molecule has 0 spiro atoms. The van der Waals surface area contributed by atoms with Crippen molar-refractivity contribution in [1.82, 2.24) is 4.90 Å². The largest absolute Gasteiger partial charge is 0.380 e. The van der Waals surface area contributed by atoms with Crippen LogP contribution in [0.15, 0.2) is 24.3 Å². The number of benzene rings is 1. The first-order valence-corrected chi connectivity index (χ1v) is 6.03. The molecule has 1 unspecified atom stereocenters. The standard InChI is InChI=1S/C15H17NO2/c1-3-12-8-15(17)16(9-12)10-13-4-6-14(7-5-13)11-18-2/h1,4-7,12H,8-11H2,2H3. The molecule has 94 valence electrons. The SMILES string of the molecule is C#CC1CC(=O)N(Cc2ccc(COC)cc2)C1. The summed E-state index contributed by atoms with van der Waals surface area (Å²) < 4.78 is 5.06. The Morgan fingerprint density at radius 2 is 2.06 bits per heavy atom. The number of ether oxygens (including phenoxy) is 1. The predicted molar refractivity (Wildman–Crippen MR) is 69.5 cm³/mol. The van der Waals surface area contributed by atoms with E-state index < -0.39 is 0 Å². The van der Waals surface area contributed by atoms with Gasteiger partial charge in [-0.25, -0.2) is 0 Å². The van der Waals surface area contributed by atoms with E-state index in [0.29, 0.717) is 26.1 Å². The van der Waals surface area contributed by atoms with E-state index in [1.54, 1.807) is 7.11 Å². The van der Waals surface area contributed by atoms with Crippen molar-refractivity contribution < 1.29 is 9.53 Å². The second-order valence-electron chi connectivity index (χ2n) is 4.59. The first-order valence-electron chi connectivity index (χ1n) is 6.03. The number of likely N-dealkylation sites (tertiary alicyclic amines) is 1. The van der Waals surface area contributed by atoms with Crippen molar-refractivity contribution in [1.29, 1.82) is 0 Å². The van der Waals surface area contributed by atoms with Gasteiger partial charge in [0.05, 0.1) is 6.61 Å². The van der Waals surface area contributed by atoms with Gasteiger partial charge in [-0.05, 0) is 11.1 Å². The normalized spacial score (nSPS) is 19.0. The second-order valence-corrected chi connectivity index (χ2v) is 4.59. The molecule has 1 amide bonds. The van der Waals surface area contributed by atoms with Crippen LogP contribution < -0.4 is 0 Å². The maximum absolute atomic E-state index is 11.7. The summed E-state index contributed by atoms with van der Waals surface area (Å²) >= 11 is 0. The van der Waals surface area contributed by atoms with Crippen molar-refractivity contribution in [2.24, 2.45) is 5.92 Å². The van der Waals surface area contributed by atoms with Gasteiger partial charge in [0, 0.05) is 32.5 Å². The summed E-state index contributed by atoms with van der Waals surface area (Å²) in [5.41, 5.74) is 2.26. The summed E-state index contributed by atoms with van der Waals surface area (Å²) in [4.78, 5) is 13.6. The summed E-state index contributed by atoms with van der Waals surface area (Å²) in [5, 5.41) is 0. The van der Waals surface area contributed by atoms with Crippen LogP contribution in [-0.2, 0) is 22.7 Å². The molecule has 2 rings (SSSR count). The Morgan fingerprint density at radius 3 is 2.61 bits per heavy atom. The van der Waals surface area contributed by atoms with E-state index in [0.717, 1.165) is 11.1 Å². The number of rotatable bonds is 4. The smallest absolute Gasteiger partial charge is 0.224 e. The number of carbonyl (C=O) groups is 1. The molecular weight excluding hydrogens is 226 g/mol. The van der Waals surface area contributed by atoms with Crippen LogP contribution in [0.5, 0.6) is 0 Å². The van der Waals surface area contributed by atoms with Crippen LogP contribution in [0.1, 0.15) is 17.5 Å². The molecule has 3 nitrogen and oxygen atoms in total. The average molecular weight is 243 g/mol. The second kappa shape index (κ2) is 5.70. The number of hydrogen-bond acceptors (Lipinski definition) is 2. The molecule has 0 aliphatic carbocycles. The van der Waals surface area contributed by atoms with Gasteiger partial charge in [0.15, 0.2) is 0 Å². The molecule has 3 heteroatoms. The lowest BCUT2D eigenvalue weighted by Crippen LogP contribution is -2.24. The number of terminal acetylenes is 1. The zero-order chi connectivity index (χ0) is 13.0. The fourth-order valence-electron chi connectivity index (χ4n) is 2.16. The van der Waals surface area contributed by atoms with Gasteiger partial charge in [-0.15, -0.1) is 12.3 Å². The van der Waals surface area contributed by atoms with Gasteiger partial charge in [-0.3, -0.25) is 4.79 Å². The Bertz CT molecular complexity index is 458. The van der Waals surface area contributed by atoms with Crippen LogP contribution in [0.25, 0.3) is 0 Å². The lowest BCUT2D eigenvalue weighted by atomic mass is 10.1. The summed E-state index contributed by atoms with van der Waals surface area (Å²) in [7, 11) is 1.68. The van der Waals surface area contributed by atoms with Crippen LogP contribution in [0.2, 0.25) is 0 Å². The fourth-order valence-corrected chi connectivity index (χ4v) is 2.16. The first kappa shape index (κ1) is 12.7. The minimum absolute atomic E-state index is 0.0743. The lowest BCUT2D eigenvalue weighted by Gasteiger charge is -2.16. The third kappa shape index (κ3) is 2.91. The molecule has 1 aromatic rings. The van der Waals surface area contributed by atoms with Crippen molar-refractivity contribution in [2.45, 2.75) is 19.6 Å². The van der Waals surface area contributed by atoms with Crippen LogP contribution in [-0.4, -0.2) is 24.5 Å². The van der Waals surface area contributed by atoms with E-state index in [9.17, 15) is 4.79 Å². The number of amides is 1. The number of nitrogens with zero attached hydrogens (tertiary/aromatic N) is 1. The van der Waals surface area contributed by atoms with E-state index >= 15 is 0 Å². The van der Waals surface area contributed by atoms with Crippen LogP contribution in [0.4, 0.5) is 0 Å². The third-order valence-electron chi connectivity index (χ3n) is 3.16. The van der Waals surface area contributed by atoms with Gasteiger partial charge >= 0.3 is 0 Å². The van der Waals surface area contributed by atoms with Crippen molar-refractivity contribution in [3.63, 3.8) is 0 Å². The molecular formula is C15H17NO2. The Balaban J connectivity index is 1.97. The fraction of sp³-hybridized carbons (Fsp3) is 0.400. The lowest BCUT2D eigenvalue weighted by molar-refractivity contribution is -0.128. The monoisotopic (exact) mass is 243 g/mol. The molecule has 0 bridgehead atoms. The highest BCUT2D eigenvalue weighted by Crippen LogP contribution is 2.19. The molecule has 0 radical (unpaired) electrons. The minimum Gasteiger partial charge on any atom is -0.380 e. The van der Waals surface area contributed by atoms with Crippen molar-refractivity contribution >= 4 is 5.91 Å². The van der Waals surface area contributed by atoms with Crippen molar-refractivity contribution in [3.8, 4) is 12.3 Å². The van der Waals surface area contributed by atoms with Crippen LogP contribution in [0.3, 0.4) is 0 Å². The molecule has 1 atom stereocenters. The zero-order valence-corrected chi connectivity index (χ0v) is 10.6. The number of methoxy groups -OCH3 is 1. The van der Waals surface area contributed by atoms with Crippen LogP contribution in [0, 0.1) is 18.3 Å². The summed E-state index contributed by atoms with van der Waals surface area (Å²) in [6.45, 7) is 1.93. The first-order chi connectivity index (χ1) is 8.72. The molecule has 1 heterocycles. The van der Waals surface area contributed by atoms with Gasteiger partial charge in [-0.2, -0.15) is 0 Å². The van der Waals surface area contributed by atoms with E-state index in [-0.39, 0.29) is 11.8 Å². The highest BCUT2D eigenvalue weighted by atomic mass is 16.5. The summed E-state index contributed by atoms with van der Waals surface area (Å²) in [6, 6.07) is 8.12. The highest BCUT2D eigenvalue weighted by Gasteiger charge is 2.27. The van der Waals surface area contributed by atoms with Gasteiger partial charge < -0.3 is 9.64 Å². The van der Waals surface area contributed by atoms with Gasteiger partial charge in [-0.1, -0.05) is 24.3 Å². The zero-order valence-electron chi connectivity index (χ0n) is 10.6. The quantitative estimate of drug-likeness (QED) is 0.755. The summed E-state index contributed by atoms with van der Waals surface area (Å²) in [5.74, 6) is 2.88. The molecule has 1 aromatic carbocycles. The van der Waals surface area contributed by atoms with E-state index in [1.807, 2.05) is 29.2 Å². The average Bonchev–Trinajstić information content (AvgIpc) is 2.73. The molecule has 1 fully saturated rings. The summed E-state index contributed by atoms with van der Waals surface area (Å²) in [6.07, 6.45) is 5.85. The highest BCUT2D eigenvalue weighted by molar-refractivity contribution is 5.79. The Morgan fingerprint density at radius 1 is 1.39 bits per heavy atom. The molecule has 0 N–H and O–H groups in total. The number of hydrogen-bond donors (Lipinski definition) is 0. The molecule has 18 heavy (non-hydrogen) atoms. The molecule has 1 aliphatic rings. The maximum Gasteiger partial charge on any atom is 0.224 e.